The maximum absolute atomic E-state index is 14.0. The molecule has 0 radical (unpaired) electrons. The number of nitrogens with one attached hydrogen (secondary N) is 3. The van der Waals surface area contributed by atoms with E-state index in [0.717, 1.165) is 36.0 Å². The third-order valence-electron chi connectivity index (χ3n) is 9.68. The van der Waals surface area contributed by atoms with E-state index in [1.165, 1.54) is 28.5 Å². The molecule has 1 saturated heterocycles. The number of fused-ring (bicyclic) bond motifs is 4. The smallest absolute Gasteiger partial charge is 0.408 e. The first-order chi connectivity index (χ1) is 24.6. The first-order valence-corrected chi connectivity index (χ1v) is 19.1. The topological polar surface area (TPSA) is 126 Å². The fourth-order valence-electron chi connectivity index (χ4n) is 7.27. The van der Waals surface area contributed by atoms with E-state index in [0.29, 0.717) is 37.4 Å². The number of rotatable bonds is 11. The van der Waals surface area contributed by atoms with Crippen molar-refractivity contribution in [2.24, 2.45) is 0 Å². The number of unbranched alkanes of at least 4 members (excludes halogenated alkanes) is 1. The molecular formula is C40H48N4O6S. The fraction of sp³-hybridized carbons (Fsp3) is 0.450. The van der Waals surface area contributed by atoms with Crippen molar-refractivity contribution in [3.8, 4) is 11.1 Å². The lowest BCUT2D eigenvalue weighted by Gasteiger charge is -2.31. The summed E-state index contributed by atoms with van der Waals surface area (Å²) in [4.78, 5) is 54.7. The molecule has 4 amide bonds. The van der Waals surface area contributed by atoms with Crippen LogP contribution in [-0.2, 0) is 25.5 Å². The molecule has 6 rings (SSSR count). The number of hydrogen-bond acceptors (Lipinski definition) is 7. The lowest BCUT2D eigenvalue weighted by Crippen LogP contribution is -2.55. The average molecular weight is 713 g/mol. The highest BCUT2D eigenvalue weighted by atomic mass is 32.2. The molecule has 3 aliphatic rings. The van der Waals surface area contributed by atoms with E-state index in [1.54, 1.807) is 25.7 Å². The van der Waals surface area contributed by atoms with Gasteiger partial charge in [-0.2, -0.15) is 0 Å². The summed E-state index contributed by atoms with van der Waals surface area (Å²) in [6.07, 6.45) is 3.05. The van der Waals surface area contributed by atoms with Gasteiger partial charge < -0.3 is 30.3 Å². The Morgan fingerprint density at radius 2 is 1.55 bits per heavy atom. The van der Waals surface area contributed by atoms with Crippen molar-refractivity contribution in [2.75, 3.05) is 24.8 Å². The van der Waals surface area contributed by atoms with Gasteiger partial charge >= 0.3 is 12.2 Å². The van der Waals surface area contributed by atoms with E-state index >= 15 is 0 Å². The Kier molecular flexibility index (Phi) is 11.5. The summed E-state index contributed by atoms with van der Waals surface area (Å²) in [6.45, 7) is 5.86. The third-order valence-corrected chi connectivity index (χ3v) is 10.7. The van der Waals surface area contributed by atoms with Gasteiger partial charge in [-0.15, -0.1) is 11.8 Å². The molecule has 11 heteroatoms. The summed E-state index contributed by atoms with van der Waals surface area (Å²) in [7, 11) is 0. The van der Waals surface area contributed by atoms with Crippen molar-refractivity contribution in [1.29, 1.82) is 0 Å². The number of aryl methyl sites for hydroxylation is 1. The molecule has 0 aromatic heterocycles. The summed E-state index contributed by atoms with van der Waals surface area (Å²) in [5.41, 5.74) is 6.27. The molecule has 3 aromatic rings. The minimum atomic E-state index is -0.890. The molecular weight excluding hydrogens is 665 g/mol. The largest absolute Gasteiger partial charge is 0.449 e. The van der Waals surface area contributed by atoms with E-state index in [2.05, 4.69) is 52.3 Å². The predicted molar refractivity (Wildman–Crippen MR) is 198 cm³/mol. The molecule has 0 spiro atoms. The molecule has 1 aliphatic heterocycles. The zero-order chi connectivity index (χ0) is 36.0. The zero-order valence-electron chi connectivity index (χ0n) is 29.6. The van der Waals surface area contributed by atoms with E-state index in [4.69, 9.17) is 9.47 Å². The molecule has 1 unspecified atom stereocenters. The first kappa shape index (κ1) is 36.3. The average Bonchev–Trinajstić information content (AvgIpc) is 3.73. The molecule has 3 N–H and O–H groups in total. The van der Waals surface area contributed by atoms with Gasteiger partial charge in [-0.25, -0.2) is 9.59 Å². The minimum absolute atomic E-state index is 0.0259. The molecule has 1 heterocycles. The number of ether oxygens (including phenoxy) is 2. The first-order valence-electron chi connectivity index (χ1n) is 17.9. The van der Waals surface area contributed by atoms with Gasteiger partial charge in [0.15, 0.2) is 0 Å². The van der Waals surface area contributed by atoms with Crippen molar-refractivity contribution in [3.05, 3.63) is 95.1 Å². The molecule has 0 saturated carbocycles. The van der Waals surface area contributed by atoms with E-state index < -0.39 is 29.9 Å². The van der Waals surface area contributed by atoms with E-state index in [1.807, 2.05) is 36.4 Å². The fourth-order valence-corrected chi connectivity index (χ4v) is 8.43. The van der Waals surface area contributed by atoms with Crippen LogP contribution in [0.4, 0.5) is 9.59 Å². The predicted octanol–water partition coefficient (Wildman–Crippen LogP) is 6.68. The van der Waals surface area contributed by atoms with Crippen LogP contribution in [0.2, 0.25) is 0 Å². The van der Waals surface area contributed by atoms with Gasteiger partial charge in [-0.1, -0.05) is 72.8 Å². The van der Waals surface area contributed by atoms with Gasteiger partial charge in [0.05, 0.1) is 11.9 Å². The second-order valence-electron chi connectivity index (χ2n) is 14.4. The minimum Gasteiger partial charge on any atom is -0.449 e. The Hall–Kier alpha value is -4.51. The summed E-state index contributed by atoms with van der Waals surface area (Å²) < 4.78 is 11.1. The Labute approximate surface area is 304 Å². The molecule has 51 heavy (non-hydrogen) atoms. The number of alkyl carbamates (subject to hydrolysis) is 2. The van der Waals surface area contributed by atoms with Crippen molar-refractivity contribution >= 4 is 35.8 Å². The Bertz CT molecular complexity index is 1700. The van der Waals surface area contributed by atoms with Crippen LogP contribution in [0.25, 0.3) is 11.1 Å². The van der Waals surface area contributed by atoms with Crippen LogP contribution < -0.4 is 16.0 Å². The van der Waals surface area contributed by atoms with Gasteiger partial charge in [0.2, 0.25) is 11.8 Å². The van der Waals surface area contributed by atoms with Crippen molar-refractivity contribution < 1.29 is 28.7 Å². The lowest BCUT2D eigenvalue weighted by molar-refractivity contribution is -0.140. The zero-order valence-corrected chi connectivity index (χ0v) is 30.4. The van der Waals surface area contributed by atoms with Crippen molar-refractivity contribution in [1.82, 2.24) is 20.9 Å². The molecule has 270 valence electrons. The summed E-state index contributed by atoms with van der Waals surface area (Å²) in [6, 6.07) is 22.9. The van der Waals surface area contributed by atoms with Gasteiger partial charge in [0, 0.05) is 18.2 Å². The number of hydrogen-bond donors (Lipinski definition) is 3. The van der Waals surface area contributed by atoms with Gasteiger partial charge in [0.1, 0.15) is 24.3 Å². The van der Waals surface area contributed by atoms with Crippen molar-refractivity contribution in [3.63, 3.8) is 0 Å². The van der Waals surface area contributed by atoms with Crippen molar-refractivity contribution in [2.45, 2.75) is 88.9 Å². The standard InChI is InChI=1S/C40H48N4O6S/c1-40(2,3)50-39(48)43-34(37(46)44-25-51-24-35(44)36(45)42-33-21-12-14-26-13-4-5-15-27(26)33)20-10-11-22-41-38(47)49-23-32-30-18-8-6-16-28(30)29-17-7-9-19-31(29)32/h4-9,13,15-19,32-35H,10-12,14,20-25H2,1-3H3,(H,41,47)(H,42,45)(H,43,48)/t33-,34-,35?/m0/s1. The SMILES string of the molecule is CC(C)(C)OC(=O)N[C@@H](CCCCNC(=O)OCC1c2ccccc2-c2ccccc21)C(=O)N1CSCC1C(=O)N[C@H]1CCCc2ccccc21. The quantitative estimate of drug-likeness (QED) is 0.189. The van der Waals surface area contributed by atoms with Crippen LogP contribution in [0.3, 0.4) is 0 Å². The maximum Gasteiger partial charge on any atom is 0.408 e. The molecule has 3 atom stereocenters. The van der Waals surface area contributed by atoms with Crippen LogP contribution in [0.15, 0.2) is 72.8 Å². The highest BCUT2D eigenvalue weighted by Gasteiger charge is 2.39. The number of carbonyl (C=O) groups is 4. The van der Waals surface area contributed by atoms with Gasteiger partial charge in [0.25, 0.3) is 0 Å². The van der Waals surface area contributed by atoms with E-state index in [9.17, 15) is 19.2 Å². The molecule has 3 aromatic carbocycles. The Morgan fingerprint density at radius 3 is 2.25 bits per heavy atom. The van der Waals surface area contributed by atoms with E-state index in [-0.39, 0.29) is 30.4 Å². The lowest BCUT2D eigenvalue weighted by atomic mass is 9.87. The number of benzene rings is 3. The second kappa shape index (κ2) is 16.2. The normalized spacial score (nSPS) is 18.5. The highest BCUT2D eigenvalue weighted by molar-refractivity contribution is 7.99. The molecule has 10 nitrogen and oxygen atoms in total. The Balaban J connectivity index is 1.01. The maximum atomic E-state index is 14.0. The van der Waals surface area contributed by atoms with Gasteiger partial charge in [-0.05, 0) is 92.7 Å². The number of nitrogens with zero attached hydrogens (tertiary/aromatic N) is 1. The number of carbonyl (C=O) groups excluding carboxylic acids is 4. The summed E-state index contributed by atoms with van der Waals surface area (Å²) in [5.74, 6) is 0.309. The number of amides is 4. The molecule has 0 bridgehead atoms. The summed E-state index contributed by atoms with van der Waals surface area (Å²) >= 11 is 1.52. The van der Waals surface area contributed by atoms with Crippen LogP contribution >= 0.6 is 11.8 Å². The van der Waals surface area contributed by atoms with Crippen LogP contribution in [-0.4, -0.2) is 71.4 Å². The Morgan fingerprint density at radius 1 is 0.882 bits per heavy atom. The third kappa shape index (κ3) is 8.87. The van der Waals surface area contributed by atoms with Crippen LogP contribution in [0, 0.1) is 0 Å². The number of thioether (sulfide) groups is 1. The second-order valence-corrected chi connectivity index (χ2v) is 15.4. The van der Waals surface area contributed by atoms with Crippen LogP contribution in [0.5, 0.6) is 0 Å². The highest BCUT2D eigenvalue weighted by Crippen LogP contribution is 2.44. The summed E-state index contributed by atoms with van der Waals surface area (Å²) in [5, 5.41) is 8.80. The van der Waals surface area contributed by atoms with Crippen LogP contribution in [0.1, 0.15) is 87.1 Å². The van der Waals surface area contributed by atoms with Gasteiger partial charge in [-0.3, -0.25) is 9.59 Å². The monoisotopic (exact) mass is 712 g/mol. The molecule has 1 fully saturated rings. The molecule has 2 aliphatic carbocycles.